The summed E-state index contributed by atoms with van der Waals surface area (Å²) < 4.78 is 0. The highest BCUT2D eigenvalue weighted by atomic mass is 35.5. The highest BCUT2D eigenvalue weighted by Gasteiger charge is 2.20. The second kappa shape index (κ2) is 8.56. The highest BCUT2D eigenvalue weighted by Crippen LogP contribution is 2.39. The fraction of sp³-hybridized carbons (Fsp3) is 0.0435. The molecule has 8 heteroatoms. The van der Waals surface area contributed by atoms with E-state index in [0.29, 0.717) is 37.5 Å². The van der Waals surface area contributed by atoms with Crippen LogP contribution in [0.15, 0.2) is 60.7 Å². The first-order valence-electron chi connectivity index (χ1n) is 9.27. The van der Waals surface area contributed by atoms with E-state index >= 15 is 0 Å². The Morgan fingerprint density at radius 1 is 1.13 bits per heavy atom. The van der Waals surface area contributed by atoms with E-state index in [1.54, 1.807) is 36.4 Å². The number of aromatic nitrogens is 2. The molecule has 6 nitrogen and oxygen atoms in total. The van der Waals surface area contributed by atoms with E-state index in [9.17, 15) is 10.1 Å². The van der Waals surface area contributed by atoms with E-state index in [1.807, 2.05) is 31.2 Å². The zero-order valence-electron chi connectivity index (χ0n) is 16.4. The van der Waals surface area contributed by atoms with E-state index in [0.717, 1.165) is 16.7 Å². The second-order valence-corrected chi connectivity index (χ2v) is 8.17. The maximum atomic E-state index is 12.4. The number of nitrogens with two attached hydrogens (primary N) is 1. The molecule has 0 aliphatic carbocycles. The largest absolute Gasteiger partial charge is 0.397 e. The van der Waals surface area contributed by atoms with Gasteiger partial charge in [-0.3, -0.25) is 10.1 Å². The van der Waals surface area contributed by atoms with Crippen molar-refractivity contribution in [2.24, 2.45) is 0 Å². The molecule has 152 valence electrons. The van der Waals surface area contributed by atoms with E-state index in [4.69, 9.17) is 17.3 Å². The lowest BCUT2D eigenvalue weighted by atomic mass is 9.92. The number of benzene rings is 3. The smallest absolute Gasteiger partial charge is 0.257 e. The molecule has 0 fully saturated rings. The first-order chi connectivity index (χ1) is 15.0. The molecule has 3 N–H and O–H groups in total. The van der Waals surface area contributed by atoms with Crippen molar-refractivity contribution in [1.29, 1.82) is 5.26 Å². The first kappa shape index (κ1) is 20.5. The first-order valence-corrected chi connectivity index (χ1v) is 10.5. The fourth-order valence-electron chi connectivity index (χ4n) is 3.27. The molecule has 0 spiro atoms. The summed E-state index contributed by atoms with van der Waals surface area (Å²) in [6.07, 6.45) is 0. The molecule has 1 amide bonds. The molecule has 1 heterocycles. The fourth-order valence-corrected chi connectivity index (χ4v) is 4.16. The summed E-state index contributed by atoms with van der Waals surface area (Å²) in [5, 5.41) is 22.2. The third-order valence-electron chi connectivity index (χ3n) is 4.72. The van der Waals surface area contributed by atoms with Crippen LogP contribution in [0.5, 0.6) is 0 Å². The van der Waals surface area contributed by atoms with Gasteiger partial charge in [0.05, 0.1) is 11.3 Å². The lowest BCUT2D eigenvalue weighted by Crippen LogP contribution is -2.11. The lowest BCUT2D eigenvalue weighted by Gasteiger charge is -2.14. The molecule has 0 aliphatic heterocycles. The maximum Gasteiger partial charge on any atom is 0.257 e. The Morgan fingerprint density at radius 3 is 2.52 bits per heavy atom. The molecular weight excluding hydrogens is 430 g/mol. The number of nitrogens with zero attached hydrogens (tertiary/aromatic N) is 3. The lowest BCUT2D eigenvalue weighted by molar-refractivity contribution is 0.102. The summed E-state index contributed by atoms with van der Waals surface area (Å²) >= 11 is 7.17. The Bertz CT molecular complexity index is 1310. The van der Waals surface area contributed by atoms with Gasteiger partial charge in [-0.1, -0.05) is 53.3 Å². The van der Waals surface area contributed by atoms with Gasteiger partial charge in [0.1, 0.15) is 6.07 Å². The molecule has 0 saturated carbocycles. The number of carbonyl (C=O) groups is 1. The Hall–Kier alpha value is -3.73. The van der Waals surface area contributed by atoms with Gasteiger partial charge in [0.15, 0.2) is 5.01 Å². The van der Waals surface area contributed by atoms with Crippen LogP contribution in [-0.4, -0.2) is 16.1 Å². The molecule has 4 rings (SSSR count). The SMILES string of the molecule is Cc1cc(-c2nnc(NC(=O)c3ccccc3)s2)c(C#N)c(N)c1-c1ccc(Cl)cc1. The van der Waals surface area contributed by atoms with Crippen molar-refractivity contribution in [3.05, 3.63) is 82.4 Å². The molecule has 4 aromatic rings. The van der Waals surface area contributed by atoms with Crippen LogP contribution in [-0.2, 0) is 0 Å². The predicted molar refractivity (Wildman–Crippen MR) is 124 cm³/mol. The number of hydrogen-bond acceptors (Lipinski definition) is 6. The molecule has 0 radical (unpaired) electrons. The van der Waals surface area contributed by atoms with Gasteiger partial charge in [-0.15, -0.1) is 10.2 Å². The summed E-state index contributed by atoms with van der Waals surface area (Å²) in [6.45, 7) is 1.92. The van der Waals surface area contributed by atoms with Gasteiger partial charge in [-0.25, -0.2) is 0 Å². The standard InChI is InChI=1S/C23H16ClN5OS/c1-13-11-17(18(12-25)20(26)19(13)14-7-9-16(24)10-8-14)22-28-29-23(31-22)27-21(30)15-5-3-2-4-6-15/h2-11H,26H2,1H3,(H,27,29,30). The highest BCUT2D eigenvalue weighted by molar-refractivity contribution is 7.18. The van der Waals surface area contributed by atoms with Crippen LogP contribution >= 0.6 is 22.9 Å². The third-order valence-corrected chi connectivity index (χ3v) is 5.84. The van der Waals surface area contributed by atoms with Gasteiger partial charge in [0.2, 0.25) is 5.13 Å². The van der Waals surface area contributed by atoms with Crippen LogP contribution in [0.25, 0.3) is 21.7 Å². The average molecular weight is 446 g/mol. The summed E-state index contributed by atoms with van der Waals surface area (Å²) in [7, 11) is 0. The number of rotatable bonds is 4. The van der Waals surface area contributed by atoms with Crippen molar-refractivity contribution in [3.63, 3.8) is 0 Å². The van der Waals surface area contributed by atoms with Gasteiger partial charge in [-0.05, 0) is 48.4 Å². The molecule has 0 saturated heterocycles. The second-order valence-electron chi connectivity index (χ2n) is 6.76. The number of halogens is 1. The van der Waals surface area contributed by atoms with Gasteiger partial charge >= 0.3 is 0 Å². The van der Waals surface area contributed by atoms with Crippen molar-refractivity contribution < 1.29 is 4.79 Å². The summed E-state index contributed by atoms with van der Waals surface area (Å²) in [6, 6.07) is 20.2. The number of carbonyl (C=O) groups excluding carboxylic acids is 1. The molecule has 3 aromatic carbocycles. The molecule has 0 bridgehead atoms. The number of nitrogens with one attached hydrogen (secondary N) is 1. The number of hydrogen-bond donors (Lipinski definition) is 2. The predicted octanol–water partition coefficient (Wildman–Crippen LogP) is 5.54. The quantitative estimate of drug-likeness (QED) is 0.401. The zero-order valence-corrected chi connectivity index (χ0v) is 18.0. The Labute approximate surface area is 187 Å². The summed E-state index contributed by atoms with van der Waals surface area (Å²) in [5.41, 5.74) is 10.7. The van der Waals surface area contributed by atoms with Crippen LogP contribution in [0.2, 0.25) is 5.02 Å². The van der Waals surface area contributed by atoms with Crippen molar-refractivity contribution in [2.75, 3.05) is 11.1 Å². The van der Waals surface area contributed by atoms with E-state index in [-0.39, 0.29) is 5.91 Å². The van der Waals surface area contributed by atoms with E-state index in [1.165, 1.54) is 11.3 Å². The van der Waals surface area contributed by atoms with Crippen molar-refractivity contribution in [3.8, 4) is 27.8 Å². The molecule has 0 unspecified atom stereocenters. The van der Waals surface area contributed by atoms with Gasteiger partial charge in [0.25, 0.3) is 5.91 Å². The van der Waals surface area contributed by atoms with E-state index < -0.39 is 0 Å². The summed E-state index contributed by atoms with van der Waals surface area (Å²) in [4.78, 5) is 12.4. The molecule has 31 heavy (non-hydrogen) atoms. The number of amides is 1. The minimum atomic E-state index is -0.280. The third kappa shape index (κ3) is 4.12. The minimum Gasteiger partial charge on any atom is -0.397 e. The van der Waals surface area contributed by atoms with Gasteiger partial charge in [0, 0.05) is 21.7 Å². The number of nitriles is 1. The van der Waals surface area contributed by atoms with Crippen molar-refractivity contribution in [1.82, 2.24) is 10.2 Å². The van der Waals surface area contributed by atoms with Crippen LogP contribution < -0.4 is 11.1 Å². The van der Waals surface area contributed by atoms with Gasteiger partial charge < -0.3 is 5.73 Å². The minimum absolute atomic E-state index is 0.280. The molecule has 0 aliphatic rings. The summed E-state index contributed by atoms with van der Waals surface area (Å²) in [5.74, 6) is -0.280. The zero-order chi connectivity index (χ0) is 22.0. The van der Waals surface area contributed by atoms with E-state index in [2.05, 4.69) is 21.6 Å². The van der Waals surface area contributed by atoms with Gasteiger partial charge in [-0.2, -0.15) is 5.26 Å². The van der Waals surface area contributed by atoms with Crippen LogP contribution in [0.4, 0.5) is 10.8 Å². The number of anilines is 2. The van der Waals surface area contributed by atoms with Crippen LogP contribution in [0, 0.1) is 18.3 Å². The maximum absolute atomic E-state index is 12.4. The monoisotopic (exact) mass is 445 g/mol. The normalized spacial score (nSPS) is 10.5. The molecule has 0 atom stereocenters. The Kier molecular flexibility index (Phi) is 5.67. The van der Waals surface area contributed by atoms with Crippen molar-refractivity contribution in [2.45, 2.75) is 6.92 Å². The topological polar surface area (TPSA) is 105 Å². The number of aryl methyl sites for hydroxylation is 1. The average Bonchev–Trinajstić information content (AvgIpc) is 3.23. The molecule has 1 aromatic heterocycles. The Balaban J connectivity index is 1.70. The van der Waals surface area contributed by atoms with Crippen LogP contribution in [0.3, 0.4) is 0 Å². The van der Waals surface area contributed by atoms with Crippen molar-refractivity contribution >= 4 is 39.7 Å². The Morgan fingerprint density at radius 2 is 1.84 bits per heavy atom. The molecular formula is C23H16ClN5OS. The van der Waals surface area contributed by atoms with Crippen LogP contribution in [0.1, 0.15) is 21.5 Å². The number of nitrogen functional groups attached to an aromatic ring is 1.